The summed E-state index contributed by atoms with van der Waals surface area (Å²) < 4.78 is 0. The van der Waals surface area contributed by atoms with Crippen molar-refractivity contribution in [2.24, 2.45) is 0 Å². The monoisotopic (exact) mass is 276 g/mol. The maximum absolute atomic E-state index is 9.23. The van der Waals surface area contributed by atoms with Gasteiger partial charge in [0.05, 0.1) is 0 Å². The quantitative estimate of drug-likeness (QED) is 0.851. The Labute approximate surface area is 118 Å². The molecule has 0 bridgehead atoms. The molecule has 4 heteroatoms. The lowest BCUT2D eigenvalue weighted by Crippen LogP contribution is -2.25. The number of aromatic hydroxyl groups is 1. The first-order valence-corrected chi connectivity index (χ1v) is 7.44. The maximum atomic E-state index is 9.23. The molecule has 2 rings (SSSR count). The van der Waals surface area contributed by atoms with Crippen LogP contribution in [0.15, 0.2) is 29.6 Å². The Bertz CT molecular complexity index is 507. The maximum Gasteiger partial charge on any atom is 0.115 e. The minimum Gasteiger partial charge on any atom is -0.508 e. The molecule has 0 spiro atoms. The average Bonchev–Trinajstić information content (AvgIpc) is 2.81. The second kappa shape index (κ2) is 6.68. The zero-order valence-electron chi connectivity index (χ0n) is 11.4. The number of nitrogens with one attached hydrogen (secondary N) is 1. The predicted octanol–water partition coefficient (Wildman–Crippen LogP) is 3.27. The summed E-state index contributed by atoms with van der Waals surface area (Å²) >= 11 is 1.71. The van der Waals surface area contributed by atoms with Crippen LogP contribution in [0.1, 0.15) is 29.6 Å². The molecule has 1 aromatic heterocycles. The Morgan fingerprint density at radius 3 is 2.68 bits per heavy atom. The van der Waals surface area contributed by atoms with Crippen molar-refractivity contribution in [2.45, 2.75) is 39.3 Å². The lowest BCUT2D eigenvalue weighted by Gasteiger charge is -2.12. The molecular weight excluding hydrogens is 256 g/mol. The molecule has 1 aromatic carbocycles. The number of phenols is 1. The van der Waals surface area contributed by atoms with Crippen molar-refractivity contribution in [1.29, 1.82) is 0 Å². The fraction of sp³-hybridized carbons (Fsp3) is 0.400. The molecule has 1 heterocycles. The molecule has 0 saturated carbocycles. The summed E-state index contributed by atoms with van der Waals surface area (Å²) in [7, 11) is 0. The third-order valence-electron chi connectivity index (χ3n) is 3.07. The van der Waals surface area contributed by atoms with Crippen LogP contribution in [0.4, 0.5) is 0 Å². The van der Waals surface area contributed by atoms with E-state index in [0.29, 0.717) is 11.8 Å². The van der Waals surface area contributed by atoms with Gasteiger partial charge in [0.25, 0.3) is 0 Å². The number of rotatable bonds is 6. The fourth-order valence-electron chi connectivity index (χ4n) is 1.89. The summed E-state index contributed by atoms with van der Waals surface area (Å²) in [4.78, 5) is 4.44. The molecule has 19 heavy (non-hydrogen) atoms. The highest BCUT2D eigenvalue weighted by Gasteiger charge is 2.04. The summed E-state index contributed by atoms with van der Waals surface area (Å²) in [6.07, 6.45) is 2.10. The molecule has 0 aliphatic rings. The van der Waals surface area contributed by atoms with Gasteiger partial charge in [0.1, 0.15) is 10.8 Å². The van der Waals surface area contributed by atoms with Crippen molar-refractivity contribution in [3.8, 4) is 5.75 Å². The van der Waals surface area contributed by atoms with Gasteiger partial charge in [-0.2, -0.15) is 0 Å². The van der Waals surface area contributed by atoms with Crippen LogP contribution in [0, 0.1) is 6.92 Å². The molecule has 1 unspecified atom stereocenters. The minimum atomic E-state index is 0.328. The summed E-state index contributed by atoms with van der Waals surface area (Å²) in [6, 6.07) is 7.90. The lowest BCUT2D eigenvalue weighted by atomic mass is 10.1. The predicted molar refractivity (Wildman–Crippen MR) is 79.6 cm³/mol. The largest absolute Gasteiger partial charge is 0.508 e. The Morgan fingerprint density at radius 2 is 2.05 bits per heavy atom. The van der Waals surface area contributed by atoms with Crippen LogP contribution in [0.25, 0.3) is 0 Å². The third kappa shape index (κ3) is 4.65. The van der Waals surface area contributed by atoms with Gasteiger partial charge in [-0.3, -0.25) is 0 Å². The van der Waals surface area contributed by atoms with E-state index in [1.165, 1.54) is 5.56 Å². The van der Waals surface area contributed by atoms with Crippen molar-refractivity contribution >= 4 is 11.3 Å². The molecule has 0 amide bonds. The van der Waals surface area contributed by atoms with E-state index in [1.807, 2.05) is 19.1 Å². The molecular formula is C15H20N2OS. The van der Waals surface area contributed by atoms with E-state index < -0.39 is 0 Å². The molecule has 0 radical (unpaired) electrons. The van der Waals surface area contributed by atoms with Crippen molar-refractivity contribution in [1.82, 2.24) is 10.3 Å². The third-order valence-corrected chi connectivity index (χ3v) is 4.04. The second-order valence-corrected chi connectivity index (χ2v) is 5.81. The minimum absolute atomic E-state index is 0.328. The van der Waals surface area contributed by atoms with E-state index >= 15 is 0 Å². The Hall–Kier alpha value is -1.39. The number of phenolic OH excluding ortho intramolecular Hbond substituents is 1. The van der Waals surface area contributed by atoms with E-state index in [2.05, 4.69) is 22.6 Å². The van der Waals surface area contributed by atoms with Gasteiger partial charge >= 0.3 is 0 Å². The zero-order valence-corrected chi connectivity index (χ0v) is 12.2. The molecule has 0 fully saturated rings. The van der Waals surface area contributed by atoms with E-state index in [0.717, 1.165) is 30.1 Å². The Morgan fingerprint density at radius 1 is 1.32 bits per heavy atom. The van der Waals surface area contributed by atoms with Crippen LogP contribution >= 0.6 is 11.3 Å². The topological polar surface area (TPSA) is 45.1 Å². The van der Waals surface area contributed by atoms with Gasteiger partial charge in [-0.1, -0.05) is 12.1 Å². The standard InChI is InChI=1S/C15H20N2OS/c1-11(16-9-15-17-12(2)10-19-15)3-4-13-5-7-14(18)8-6-13/h5-8,10-11,16,18H,3-4,9H2,1-2H3. The molecule has 3 nitrogen and oxygen atoms in total. The lowest BCUT2D eigenvalue weighted by molar-refractivity contribution is 0.474. The van der Waals surface area contributed by atoms with Crippen LogP contribution in [-0.4, -0.2) is 16.1 Å². The first kappa shape index (κ1) is 14.0. The number of aryl methyl sites for hydroxylation is 2. The summed E-state index contributed by atoms with van der Waals surface area (Å²) in [5, 5.41) is 15.9. The summed E-state index contributed by atoms with van der Waals surface area (Å²) in [5.74, 6) is 0.328. The van der Waals surface area contributed by atoms with Crippen LogP contribution in [0.3, 0.4) is 0 Å². The Balaban J connectivity index is 1.72. The van der Waals surface area contributed by atoms with E-state index in [9.17, 15) is 5.11 Å². The van der Waals surface area contributed by atoms with Crippen molar-refractivity contribution in [3.05, 3.63) is 45.9 Å². The number of thiazole rings is 1. The summed E-state index contributed by atoms with van der Waals surface area (Å²) in [5.41, 5.74) is 2.36. The first-order chi connectivity index (χ1) is 9.13. The van der Waals surface area contributed by atoms with Crippen molar-refractivity contribution in [3.63, 3.8) is 0 Å². The van der Waals surface area contributed by atoms with Crippen LogP contribution < -0.4 is 5.32 Å². The van der Waals surface area contributed by atoms with Crippen LogP contribution in [-0.2, 0) is 13.0 Å². The van der Waals surface area contributed by atoms with Crippen molar-refractivity contribution < 1.29 is 5.11 Å². The van der Waals surface area contributed by atoms with Gasteiger partial charge in [0.2, 0.25) is 0 Å². The smallest absolute Gasteiger partial charge is 0.115 e. The van der Waals surface area contributed by atoms with Gasteiger partial charge in [0, 0.05) is 23.7 Å². The van der Waals surface area contributed by atoms with Crippen LogP contribution in [0.2, 0.25) is 0 Å². The summed E-state index contributed by atoms with van der Waals surface area (Å²) in [6.45, 7) is 5.06. The van der Waals surface area contributed by atoms with E-state index in [-0.39, 0.29) is 0 Å². The second-order valence-electron chi connectivity index (χ2n) is 4.87. The van der Waals surface area contributed by atoms with Gasteiger partial charge < -0.3 is 10.4 Å². The van der Waals surface area contributed by atoms with Gasteiger partial charge in [-0.05, 0) is 44.4 Å². The number of aromatic nitrogens is 1. The van der Waals surface area contributed by atoms with E-state index in [4.69, 9.17) is 0 Å². The van der Waals surface area contributed by atoms with Crippen LogP contribution in [0.5, 0.6) is 5.75 Å². The number of hydrogen-bond donors (Lipinski definition) is 2. The number of hydrogen-bond acceptors (Lipinski definition) is 4. The fourth-order valence-corrected chi connectivity index (χ4v) is 2.62. The number of benzene rings is 1. The zero-order chi connectivity index (χ0) is 13.7. The highest BCUT2D eigenvalue weighted by atomic mass is 32.1. The highest BCUT2D eigenvalue weighted by molar-refractivity contribution is 7.09. The van der Waals surface area contributed by atoms with Gasteiger partial charge in [-0.15, -0.1) is 11.3 Å². The molecule has 1 atom stereocenters. The average molecular weight is 276 g/mol. The molecule has 0 aliphatic heterocycles. The van der Waals surface area contributed by atoms with Gasteiger partial charge in [0.15, 0.2) is 0 Å². The normalized spacial score (nSPS) is 12.5. The highest BCUT2D eigenvalue weighted by Crippen LogP contribution is 2.12. The molecule has 102 valence electrons. The van der Waals surface area contributed by atoms with E-state index in [1.54, 1.807) is 23.5 Å². The van der Waals surface area contributed by atoms with Gasteiger partial charge in [-0.25, -0.2) is 4.98 Å². The van der Waals surface area contributed by atoms with Crippen molar-refractivity contribution in [2.75, 3.05) is 0 Å². The molecule has 2 aromatic rings. The Kier molecular flexibility index (Phi) is 4.93. The first-order valence-electron chi connectivity index (χ1n) is 6.56. The molecule has 2 N–H and O–H groups in total. The SMILES string of the molecule is Cc1csc(CNC(C)CCc2ccc(O)cc2)n1. The molecule has 0 saturated heterocycles. The number of nitrogens with zero attached hydrogens (tertiary/aromatic N) is 1. The molecule has 0 aliphatic carbocycles.